The van der Waals surface area contributed by atoms with Gasteiger partial charge in [-0.1, -0.05) is 255 Å². The van der Waals surface area contributed by atoms with Crippen LogP contribution in [0.4, 0.5) is 79.0 Å². The summed E-state index contributed by atoms with van der Waals surface area (Å²) in [6.07, 6.45) is 7.00. The van der Waals surface area contributed by atoms with Gasteiger partial charge in [-0.2, -0.15) is 79.0 Å². The van der Waals surface area contributed by atoms with Crippen molar-refractivity contribution in [2.75, 3.05) is 0 Å². The van der Waals surface area contributed by atoms with Crippen LogP contribution < -0.4 is 63.7 Å². The molecule has 0 aliphatic rings. The Morgan fingerprint density at radius 3 is 0.342 bits per heavy atom. The third kappa shape index (κ3) is 43.0. The molecule has 0 saturated heterocycles. The first kappa shape index (κ1) is 135. The molecule has 0 amide bonds. The molecule has 0 radical (unpaired) electrons. The topological polar surface area (TPSA) is 172 Å². The third-order valence-corrected chi connectivity index (χ3v) is 46.7. The number of alkyl halides is 18. The van der Waals surface area contributed by atoms with E-state index in [-0.39, 0.29) is 134 Å². The van der Waals surface area contributed by atoms with Gasteiger partial charge >= 0.3 is 169 Å². The van der Waals surface area contributed by atoms with Gasteiger partial charge in [-0.15, -0.1) is 53.1 Å². The van der Waals surface area contributed by atoms with Crippen LogP contribution in [0, 0.1) is 37.0 Å². The van der Waals surface area contributed by atoms with Gasteiger partial charge in [-0.3, -0.25) is 17.8 Å². The summed E-state index contributed by atoms with van der Waals surface area (Å²) >= 11 is 0. The Hall–Kier alpha value is -7.53. The van der Waals surface area contributed by atoms with E-state index in [9.17, 15) is 79.0 Å². The molecule has 15 rings (SSSR count). The van der Waals surface area contributed by atoms with Crippen LogP contribution in [0.1, 0.15) is 33.4 Å². The maximum absolute atomic E-state index is 12.0. The molecule has 0 atom stereocenters. The Bertz CT molecular complexity index is 5650. The van der Waals surface area contributed by atoms with Crippen molar-refractivity contribution in [2.45, 2.75) is 45.3 Å². The first-order valence-corrected chi connectivity index (χ1v) is 54.6. The van der Waals surface area contributed by atoms with Gasteiger partial charge in [0.15, 0.2) is 30.4 Å². The van der Waals surface area contributed by atoms with Crippen molar-refractivity contribution in [2.24, 2.45) is 0 Å². The molecule has 9 nitrogen and oxygen atoms in total. The van der Waals surface area contributed by atoms with Crippen LogP contribution in [-0.2, 0) is 183 Å². The molecule has 0 spiro atoms. The average molecular weight is 2740 g/mol. The summed E-state index contributed by atoms with van der Waals surface area (Å²) in [6.45, 7) is 0. The van der Waals surface area contributed by atoms with Gasteiger partial charge < -0.3 is 32.9 Å². The van der Waals surface area contributed by atoms with Crippen LogP contribution in [0.2, 0.25) is 0 Å². The molecule has 0 bridgehead atoms. The number of halogens is 18. The largest absolute Gasteiger partial charge is 1.00 e. The Kier molecular flexibility index (Phi) is 59.3. The summed E-state index contributed by atoms with van der Waals surface area (Å²) in [6, 6.07) is 150. The maximum atomic E-state index is 12.0. The molecule has 0 aromatic heterocycles. The van der Waals surface area contributed by atoms with E-state index in [1.807, 2.05) is 17.8 Å². The fourth-order valence-electron chi connectivity index (χ4n) is 13.5. The monoisotopic (exact) mass is 2740 g/mol. The number of hydrogen-bond acceptors (Lipinski definition) is 9. The van der Waals surface area contributed by atoms with E-state index in [2.05, 4.69) is 364 Å². The molecule has 0 unspecified atom stereocenters. The molecule has 42 heteroatoms. The predicted octanol–water partition coefficient (Wildman–Crippen LogP) is 21.8. The second-order valence-electron chi connectivity index (χ2n) is 29.0. The van der Waals surface area contributed by atoms with E-state index in [0.717, 1.165) is 36.4 Å². The van der Waals surface area contributed by atoms with Crippen molar-refractivity contribution in [1.82, 2.24) is 0 Å². The van der Waals surface area contributed by atoms with Crippen molar-refractivity contribution < 1.29 is 252 Å². The molecule has 0 aliphatic carbocycles. The van der Waals surface area contributed by atoms with Crippen molar-refractivity contribution in [3.8, 4) is 17.8 Å². The molecular weight excluding hydrogens is 2660 g/mol. The van der Waals surface area contributed by atoms with Crippen molar-refractivity contribution >= 4 is 142 Å². The van der Waals surface area contributed by atoms with Gasteiger partial charge in [0.2, 0.25) is 0 Å². The minimum absolute atomic E-state index is 0. The molecule has 0 aliphatic heterocycles. The van der Waals surface area contributed by atoms with Gasteiger partial charge in [0, 0.05) is 0 Å². The molecule has 0 fully saturated rings. The SMILES string of the molecule is O=S(=O)([O-])C(F)(F)F.O=S(=O)([O-])C(F)(F)F.O=S(=O)([O-])C(F)(F)F.[Ag+].[Ag+].[Ag+].[Ag+].[Ag+].[Ag+].[C-]#Cc1ccc(C(F)(F)F)cc1.[C-]#Cc1ccc(C(F)(F)F)cc1.[C-]#Cc1ccc(C(F)(F)F)cc1.c1ccc([PH+](c2ccccc2)C([PH+](c2ccccc2)c2ccccc2)[PH+](c2ccccc2)c2ccccc2)cc1.c1ccc([PH+](c2ccccc2)C([PH+](c2ccccc2)c2ccccc2)[PH+](c2ccccc2)c2ccccc2)cc1. The number of benzene rings is 15. The van der Waals surface area contributed by atoms with E-state index < -0.39 is 130 Å². The maximum Gasteiger partial charge on any atom is 1.00 e. The molecule has 784 valence electrons. The third-order valence-electron chi connectivity index (χ3n) is 19.7. The van der Waals surface area contributed by atoms with Crippen molar-refractivity contribution in [3.05, 3.63) is 489 Å². The van der Waals surface area contributed by atoms with Crippen LogP contribution in [0.5, 0.6) is 0 Å². The quantitative estimate of drug-likeness (QED) is 0.0154. The van der Waals surface area contributed by atoms with Gasteiger partial charge in [-0.05, 0) is 146 Å². The standard InChI is InChI=1S/2C37H31P3.3C9H4F3.3CHF3O3S.6Ag/c2*1-7-19-31(20-8-1)38(32-21-9-2-10-22-32)37(39(33-23-11-3-12-24-33)34-25-13-4-14-26-34)40(35-27-15-5-16-28-35)36-29-17-6-18-30-36;3*1-2-7-3-5-8(6-4-7)9(10,11)12;3*2-1(3,4)8(5,6)7;;;;;;/h2*1-30,37H;3*3-6H;3*(H,5,6,7);;;;;;/q;;3*-1;;;;6*+1/p+3. The summed E-state index contributed by atoms with van der Waals surface area (Å²) in [5, 5.41) is 18.9. The van der Waals surface area contributed by atoms with E-state index in [4.69, 9.17) is 58.2 Å². The van der Waals surface area contributed by atoms with Crippen LogP contribution in [0.3, 0.4) is 0 Å². The Morgan fingerprint density at radius 1 is 0.185 bits per heavy atom. The van der Waals surface area contributed by atoms with Crippen molar-refractivity contribution in [3.63, 3.8) is 0 Å². The van der Waals surface area contributed by atoms with E-state index in [1.54, 1.807) is 0 Å². The van der Waals surface area contributed by atoms with Gasteiger partial charge in [0.1, 0.15) is 111 Å². The van der Waals surface area contributed by atoms with Gasteiger partial charge in [-0.25, -0.2) is 25.3 Å². The van der Waals surface area contributed by atoms with E-state index >= 15 is 0 Å². The second-order valence-corrected chi connectivity index (χ2v) is 52.0. The second kappa shape index (κ2) is 64.3. The van der Waals surface area contributed by atoms with Crippen molar-refractivity contribution in [1.29, 1.82) is 0 Å². The zero-order valence-corrected chi connectivity index (χ0v) is 91.6. The fraction of sp³-hybridized carbons (Fsp3) is 0.0769. The predicted molar refractivity (Wildman–Crippen MR) is 531 cm³/mol. The zero-order valence-electron chi connectivity index (χ0n) is 74.2. The summed E-state index contributed by atoms with van der Waals surface area (Å²) in [5.41, 5.74) is -18.0. The van der Waals surface area contributed by atoms with Crippen LogP contribution in [-0.4, -0.2) is 65.7 Å². The molecule has 146 heavy (non-hydrogen) atoms. The normalized spacial score (nSPS) is 11.2. The fourth-order valence-corrected chi connectivity index (χ4v) is 45.1. The molecule has 15 aromatic carbocycles. The minimum Gasteiger partial charge on any atom is -0.741 e. The molecule has 15 aromatic rings. The average Bonchev–Trinajstić information content (AvgIpc) is 0.755. The number of rotatable bonds is 18. The zero-order chi connectivity index (χ0) is 103. The first-order chi connectivity index (χ1) is 66.2. The van der Waals surface area contributed by atoms with Crippen LogP contribution in [0.25, 0.3) is 0 Å². The summed E-state index contributed by atoms with van der Waals surface area (Å²) < 4.78 is 284. The number of hydrogen-bond donors (Lipinski definition) is 0. The van der Waals surface area contributed by atoms with E-state index in [1.165, 1.54) is 100 Å². The summed E-state index contributed by atoms with van der Waals surface area (Å²) in [5.74, 6) is 5.96. The van der Waals surface area contributed by atoms with Gasteiger partial charge in [0.05, 0.1) is 16.7 Å². The summed E-state index contributed by atoms with van der Waals surface area (Å²) in [7, 11) is -25.7. The minimum atomic E-state index is -6.09. The summed E-state index contributed by atoms with van der Waals surface area (Å²) in [4.78, 5) is 0. The molecule has 0 heterocycles. The van der Waals surface area contributed by atoms with Gasteiger partial charge in [0.25, 0.3) is 10.3 Å². The molecule has 0 saturated carbocycles. The Morgan fingerprint density at radius 2 is 0.274 bits per heavy atom. The van der Waals surface area contributed by atoms with Crippen LogP contribution in [0.15, 0.2) is 437 Å². The first-order valence-electron chi connectivity index (χ1n) is 40.9. The Labute approximate surface area is 936 Å². The smallest absolute Gasteiger partial charge is 0.741 e. The Balaban J connectivity index is 0.000000622. The molecular formula is C104H80Ag6F18O9P6S3+6. The molecule has 0 N–H and O–H groups in total. The van der Waals surface area contributed by atoms with E-state index in [0.29, 0.717) is 27.0 Å². The van der Waals surface area contributed by atoms with Crippen LogP contribution >= 0.6 is 47.5 Å².